The summed E-state index contributed by atoms with van der Waals surface area (Å²) in [6, 6.07) is 0.260. The van der Waals surface area contributed by atoms with Crippen LogP contribution in [-0.2, 0) is 9.53 Å². The molecule has 1 fully saturated rings. The first-order valence-corrected chi connectivity index (χ1v) is 5.55. The number of hydrogen-bond acceptors (Lipinski definition) is 5. The van der Waals surface area contributed by atoms with Crippen molar-refractivity contribution in [1.29, 1.82) is 0 Å². The third-order valence-corrected chi connectivity index (χ3v) is 2.94. The minimum atomic E-state index is -0.167. The van der Waals surface area contributed by atoms with E-state index in [0.717, 1.165) is 0 Å². The van der Waals surface area contributed by atoms with Gasteiger partial charge in [0.2, 0.25) is 5.91 Å². The number of nitrogens with one attached hydrogen (secondary N) is 1. The molecular weight excluding hydrogens is 210 g/mol. The van der Waals surface area contributed by atoms with Crippen molar-refractivity contribution in [2.45, 2.75) is 26.0 Å². The molecule has 0 aliphatic carbocycles. The zero-order valence-corrected chi connectivity index (χ0v) is 9.85. The van der Waals surface area contributed by atoms with Gasteiger partial charge in [0.25, 0.3) is 0 Å². The Balaban J connectivity index is 2.47. The van der Waals surface area contributed by atoms with Crippen molar-refractivity contribution in [3.8, 4) is 0 Å². The Kier molecular flexibility index (Phi) is 5.14. The van der Waals surface area contributed by atoms with Crippen molar-refractivity contribution in [2.24, 2.45) is 11.8 Å². The lowest BCUT2D eigenvalue weighted by atomic mass is 10.1. The molecule has 0 radical (unpaired) electrons. The molecule has 1 amide bonds. The Hall–Kier alpha value is -0.690. The fourth-order valence-corrected chi connectivity index (χ4v) is 1.82. The van der Waals surface area contributed by atoms with Gasteiger partial charge in [-0.1, -0.05) is 6.92 Å². The van der Waals surface area contributed by atoms with E-state index in [4.69, 9.17) is 15.7 Å². The van der Waals surface area contributed by atoms with Gasteiger partial charge in [-0.25, -0.2) is 5.84 Å². The van der Waals surface area contributed by atoms with Gasteiger partial charge in [-0.2, -0.15) is 0 Å². The highest BCUT2D eigenvalue weighted by molar-refractivity contribution is 5.77. The summed E-state index contributed by atoms with van der Waals surface area (Å²) in [6.07, 6.45) is -0.149. The standard InChI is InChI=1S/C10H21N3O3/c1-7(10(15)12-11)3-13-4-9(5-14)16-6-8(13)2/h7-9,14H,3-6,11H2,1-2H3,(H,12,15). The summed E-state index contributed by atoms with van der Waals surface area (Å²) >= 11 is 0. The number of nitrogens with zero attached hydrogens (tertiary/aromatic N) is 1. The number of rotatable bonds is 4. The average Bonchev–Trinajstić information content (AvgIpc) is 2.30. The van der Waals surface area contributed by atoms with Crippen LogP contribution in [-0.4, -0.2) is 54.4 Å². The number of aliphatic hydroxyl groups is 1. The average molecular weight is 231 g/mol. The fraction of sp³-hybridized carbons (Fsp3) is 0.900. The van der Waals surface area contributed by atoms with Crippen LogP contribution in [0.25, 0.3) is 0 Å². The number of amides is 1. The molecule has 94 valence electrons. The smallest absolute Gasteiger partial charge is 0.237 e. The first kappa shape index (κ1) is 13.4. The molecule has 0 aromatic carbocycles. The van der Waals surface area contributed by atoms with Gasteiger partial charge in [0.15, 0.2) is 0 Å². The lowest BCUT2D eigenvalue weighted by Gasteiger charge is -2.38. The Morgan fingerprint density at radius 2 is 2.44 bits per heavy atom. The molecule has 0 bridgehead atoms. The van der Waals surface area contributed by atoms with Crippen LogP contribution in [0.1, 0.15) is 13.8 Å². The van der Waals surface area contributed by atoms with Crippen molar-refractivity contribution >= 4 is 5.91 Å². The zero-order valence-electron chi connectivity index (χ0n) is 9.85. The Morgan fingerprint density at radius 1 is 1.75 bits per heavy atom. The van der Waals surface area contributed by atoms with E-state index in [0.29, 0.717) is 19.7 Å². The van der Waals surface area contributed by atoms with E-state index in [1.807, 2.05) is 13.8 Å². The lowest BCUT2D eigenvalue weighted by molar-refractivity contribution is -0.127. The van der Waals surface area contributed by atoms with Crippen LogP contribution in [0.15, 0.2) is 0 Å². The summed E-state index contributed by atoms with van der Waals surface area (Å²) in [5.41, 5.74) is 2.15. The molecule has 0 saturated carbocycles. The molecule has 1 heterocycles. The Bertz CT molecular complexity index is 237. The highest BCUT2D eigenvalue weighted by Gasteiger charge is 2.27. The van der Waals surface area contributed by atoms with E-state index >= 15 is 0 Å². The van der Waals surface area contributed by atoms with E-state index in [-0.39, 0.29) is 30.6 Å². The third kappa shape index (κ3) is 3.41. The number of ether oxygens (including phenoxy) is 1. The first-order chi connectivity index (χ1) is 7.58. The molecule has 0 aromatic rings. The van der Waals surface area contributed by atoms with E-state index in [2.05, 4.69) is 10.3 Å². The van der Waals surface area contributed by atoms with Crippen molar-refractivity contribution in [2.75, 3.05) is 26.3 Å². The summed E-state index contributed by atoms with van der Waals surface area (Å²) in [4.78, 5) is 13.4. The van der Waals surface area contributed by atoms with E-state index < -0.39 is 0 Å². The Morgan fingerprint density at radius 3 is 3.00 bits per heavy atom. The maximum atomic E-state index is 11.3. The topological polar surface area (TPSA) is 87.8 Å². The van der Waals surface area contributed by atoms with Gasteiger partial charge >= 0.3 is 0 Å². The van der Waals surface area contributed by atoms with Crippen LogP contribution in [0.5, 0.6) is 0 Å². The molecular formula is C10H21N3O3. The van der Waals surface area contributed by atoms with Gasteiger partial charge in [0, 0.05) is 25.0 Å². The van der Waals surface area contributed by atoms with Crippen LogP contribution in [0.4, 0.5) is 0 Å². The van der Waals surface area contributed by atoms with Crippen LogP contribution in [0, 0.1) is 5.92 Å². The second-order valence-electron chi connectivity index (χ2n) is 4.35. The maximum absolute atomic E-state index is 11.3. The predicted octanol–water partition coefficient (Wildman–Crippen LogP) is -1.31. The SMILES string of the molecule is CC(CN1CC(CO)OCC1C)C(=O)NN. The molecule has 16 heavy (non-hydrogen) atoms. The van der Waals surface area contributed by atoms with E-state index in [9.17, 15) is 4.79 Å². The summed E-state index contributed by atoms with van der Waals surface area (Å²) in [5, 5.41) is 9.03. The van der Waals surface area contributed by atoms with Gasteiger partial charge in [-0.05, 0) is 6.92 Å². The lowest BCUT2D eigenvalue weighted by Crippen LogP contribution is -2.52. The number of carbonyl (C=O) groups is 1. The van der Waals surface area contributed by atoms with E-state index in [1.165, 1.54) is 0 Å². The van der Waals surface area contributed by atoms with Gasteiger partial charge in [-0.15, -0.1) is 0 Å². The molecule has 3 atom stereocenters. The highest BCUT2D eigenvalue weighted by Crippen LogP contribution is 2.13. The van der Waals surface area contributed by atoms with Crippen LogP contribution >= 0.6 is 0 Å². The number of morpholine rings is 1. The normalized spacial score (nSPS) is 28.8. The number of aliphatic hydroxyl groups excluding tert-OH is 1. The molecule has 0 aromatic heterocycles. The van der Waals surface area contributed by atoms with Crippen LogP contribution in [0.2, 0.25) is 0 Å². The predicted molar refractivity (Wildman–Crippen MR) is 59.4 cm³/mol. The number of hydrogen-bond donors (Lipinski definition) is 3. The number of hydrazine groups is 1. The molecule has 1 aliphatic rings. The fourth-order valence-electron chi connectivity index (χ4n) is 1.82. The molecule has 0 spiro atoms. The summed E-state index contributed by atoms with van der Waals surface area (Å²) in [5.74, 6) is 4.75. The Labute approximate surface area is 95.7 Å². The first-order valence-electron chi connectivity index (χ1n) is 5.55. The van der Waals surface area contributed by atoms with E-state index in [1.54, 1.807) is 0 Å². The summed E-state index contributed by atoms with van der Waals surface area (Å²) < 4.78 is 5.42. The molecule has 1 saturated heterocycles. The second kappa shape index (κ2) is 6.15. The number of carbonyl (C=O) groups excluding carboxylic acids is 1. The number of nitrogens with two attached hydrogens (primary N) is 1. The van der Waals surface area contributed by atoms with Crippen molar-refractivity contribution in [3.05, 3.63) is 0 Å². The molecule has 3 unspecified atom stereocenters. The maximum Gasteiger partial charge on any atom is 0.237 e. The van der Waals surface area contributed by atoms with Gasteiger partial charge < -0.3 is 9.84 Å². The van der Waals surface area contributed by atoms with Gasteiger partial charge in [0.1, 0.15) is 0 Å². The van der Waals surface area contributed by atoms with Crippen LogP contribution < -0.4 is 11.3 Å². The largest absolute Gasteiger partial charge is 0.394 e. The highest BCUT2D eigenvalue weighted by atomic mass is 16.5. The quantitative estimate of drug-likeness (QED) is 0.318. The molecule has 6 heteroatoms. The van der Waals surface area contributed by atoms with Crippen molar-refractivity contribution in [1.82, 2.24) is 10.3 Å². The second-order valence-corrected chi connectivity index (χ2v) is 4.35. The monoisotopic (exact) mass is 231 g/mol. The molecule has 6 nitrogen and oxygen atoms in total. The van der Waals surface area contributed by atoms with Gasteiger partial charge in [-0.3, -0.25) is 15.1 Å². The summed E-state index contributed by atoms with van der Waals surface area (Å²) in [6.45, 7) is 5.76. The third-order valence-electron chi connectivity index (χ3n) is 2.94. The minimum Gasteiger partial charge on any atom is -0.394 e. The zero-order chi connectivity index (χ0) is 12.1. The molecule has 1 aliphatic heterocycles. The molecule has 4 N–H and O–H groups in total. The van der Waals surface area contributed by atoms with Gasteiger partial charge in [0.05, 0.1) is 19.3 Å². The summed E-state index contributed by atoms with van der Waals surface area (Å²) in [7, 11) is 0. The van der Waals surface area contributed by atoms with Crippen molar-refractivity contribution < 1.29 is 14.6 Å². The minimum absolute atomic E-state index is 0.0146. The molecule has 1 rings (SSSR count). The van der Waals surface area contributed by atoms with Crippen LogP contribution in [0.3, 0.4) is 0 Å². The van der Waals surface area contributed by atoms with Crippen molar-refractivity contribution in [3.63, 3.8) is 0 Å².